The fourth-order valence-electron chi connectivity index (χ4n) is 3.48. The molecule has 2 saturated heterocycles. The smallest absolute Gasteiger partial charge is 0.307 e. The molecule has 22 heavy (non-hydrogen) atoms. The number of carbonyl (C=O) groups is 2. The van der Waals surface area contributed by atoms with Gasteiger partial charge in [0.05, 0.1) is 37.4 Å². The number of rotatable bonds is 3. The molecule has 0 radical (unpaired) electrons. The van der Waals surface area contributed by atoms with Crippen LogP contribution in [0.2, 0.25) is 0 Å². The standard InChI is InChI=1S/C16H21NO5/c1-15(2)10-16(5-7-21-15)12(8-13(18)22-16)14(19)17-9-11-4-3-6-20-11/h3-4,6,12H,5,7-10H2,1-2H3,(H,17,19)/t12-,16-/m1/s1. The summed E-state index contributed by atoms with van der Waals surface area (Å²) < 4.78 is 16.5. The zero-order valence-electron chi connectivity index (χ0n) is 12.9. The van der Waals surface area contributed by atoms with Crippen LogP contribution in [-0.4, -0.2) is 29.7 Å². The Hall–Kier alpha value is -1.82. The van der Waals surface area contributed by atoms with E-state index in [2.05, 4.69) is 5.32 Å². The monoisotopic (exact) mass is 307 g/mol. The molecule has 120 valence electrons. The van der Waals surface area contributed by atoms with Crippen LogP contribution in [-0.2, 0) is 25.6 Å². The number of ether oxygens (including phenoxy) is 2. The second-order valence-electron chi connectivity index (χ2n) is 6.63. The Balaban J connectivity index is 1.72. The van der Waals surface area contributed by atoms with E-state index in [-0.39, 0.29) is 18.3 Å². The highest BCUT2D eigenvalue weighted by molar-refractivity contribution is 5.87. The molecule has 2 fully saturated rings. The van der Waals surface area contributed by atoms with Crippen molar-refractivity contribution in [2.75, 3.05) is 6.61 Å². The molecule has 1 aromatic heterocycles. The molecule has 6 nitrogen and oxygen atoms in total. The SMILES string of the molecule is CC1(C)C[C@@]2(CCO1)OC(=O)C[C@@H]2C(=O)NCc1ccco1. The van der Waals surface area contributed by atoms with Crippen LogP contribution in [0.3, 0.4) is 0 Å². The topological polar surface area (TPSA) is 77.8 Å². The third kappa shape index (κ3) is 2.88. The van der Waals surface area contributed by atoms with Gasteiger partial charge in [-0.3, -0.25) is 9.59 Å². The Bertz CT molecular complexity index is 565. The van der Waals surface area contributed by atoms with Crippen molar-refractivity contribution < 1.29 is 23.5 Å². The van der Waals surface area contributed by atoms with Crippen molar-refractivity contribution in [3.05, 3.63) is 24.2 Å². The molecule has 6 heteroatoms. The average molecular weight is 307 g/mol. The summed E-state index contributed by atoms with van der Waals surface area (Å²) in [6, 6.07) is 3.57. The molecule has 0 aromatic carbocycles. The first-order valence-corrected chi connectivity index (χ1v) is 7.56. The molecule has 1 aromatic rings. The minimum Gasteiger partial charge on any atom is -0.467 e. The third-order valence-electron chi connectivity index (χ3n) is 4.40. The lowest BCUT2D eigenvalue weighted by Gasteiger charge is -2.43. The van der Waals surface area contributed by atoms with Gasteiger partial charge in [-0.2, -0.15) is 0 Å². The normalized spacial score (nSPS) is 30.3. The zero-order valence-corrected chi connectivity index (χ0v) is 12.9. The van der Waals surface area contributed by atoms with Gasteiger partial charge in [0.1, 0.15) is 11.4 Å². The molecule has 0 bridgehead atoms. The summed E-state index contributed by atoms with van der Waals surface area (Å²) >= 11 is 0. The first-order chi connectivity index (χ1) is 10.4. The van der Waals surface area contributed by atoms with Gasteiger partial charge < -0.3 is 19.2 Å². The fraction of sp³-hybridized carbons (Fsp3) is 0.625. The number of nitrogens with one attached hydrogen (secondary N) is 1. The van der Waals surface area contributed by atoms with Crippen molar-refractivity contribution in [2.24, 2.45) is 5.92 Å². The average Bonchev–Trinajstić information content (AvgIpc) is 3.03. The van der Waals surface area contributed by atoms with Crippen LogP contribution in [0, 0.1) is 5.92 Å². The summed E-state index contributed by atoms with van der Waals surface area (Å²) in [6.07, 6.45) is 2.78. The van der Waals surface area contributed by atoms with Gasteiger partial charge in [-0.1, -0.05) is 0 Å². The van der Waals surface area contributed by atoms with Crippen LogP contribution >= 0.6 is 0 Å². The summed E-state index contributed by atoms with van der Waals surface area (Å²) in [6.45, 7) is 4.71. The van der Waals surface area contributed by atoms with E-state index in [1.807, 2.05) is 13.8 Å². The quantitative estimate of drug-likeness (QED) is 0.861. The highest BCUT2D eigenvalue weighted by atomic mass is 16.6. The lowest BCUT2D eigenvalue weighted by Crippen LogP contribution is -2.52. The summed E-state index contributed by atoms with van der Waals surface area (Å²) in [4.78, 5) is 24.4. The molecule has 2 aliphatic heterocycles. The van der Waals surface area contributed by atoms with Crippen molar-refractivity contribution >= 4 is 11.9 Å². The number of furan rings is 1. The molecule has 1 N–H and O–H groups in total. The van der Waals surface area contributed by atoms with E-state index >= 15 is 0 Å². The third-order valence-corrected chi connectivity index (χ3v) is 4.40. The van der Waals surface area contributed by atoms with Gasteiger partial charge in [-0.05, 0) is 26.0 Å². The molecule has 0 unspecified atom stereocenters. The molecule has 1 spiro atoms. The van der Waals surface area contributed by atoms with Crippen molar-refractivity contribution in [3.8, 4) is 0 Å². The Kier molecular flexibility index (Phi) is 3.72. The highest BCUT2D eigenvalue weighted by Crippen LogP contribution is 2.45. The Morgan fingerprint density at radius 3 is 2.95 bits per heavy atom. The molecule has 0 aliphatic carbocycles. The molecular weight excluding hydrogens is 286 g/mol. The number of amides is 1. The van der Waals surface area contributed by atoms with Crippen molar-refractivity contribution in [2.45, 2.75) is 50.9 Å². The predicted octanol–water partition coefficient (Wildman–Crippen LogP) is 1.79. The Morgan fingerprint density at radius 2 is 2.27 bits per heavy atom. The number of hydrogen-bond acceptors (Lipinski definition) is 5. The van der Waals surface area contributed by atoms with Crippen LogP contribution in [0.25, 0.3) is 0 Å². The second kappa shape index (κ2) is 5.43. The maximum atomic E-state index is 12.5. The fourth-order valence-corrected chi connectivity index (χ4v) is 3.48. The second-order valence-corrected chi connectivity index (χ2v) is 6.63. The maximum absolute atomic E-state index is 12.5. The largest absolute Gasteiger partial charge is 0.467 e. The summed E-state index contributed by atoms with van der Waals surface area (Å²) in [7, 11) is 0. The van der Waals surface area contributed by atoms with E-state index < -0.39 is 17.1 Å². The van der Waals surface area contributed by atoms with Crippen LogP contribution in [0.1, 0.15) is 38.9 Å². The summed E-state index contributed by atoms with van der Waals surface area (Å²) in [5.41, 5.74) is -1.14. The molecule has 3 heterocycles. The Morgan fingerprint density at radius 1 is 1.45 bits per heavy atom. The highest BCUT2D eigenvalue weighted by Gasteiger charge is 2.56. The first kappa shape index (κ1) is 15.1. The molecule has 2 atom stereocenters. The molecule has 2 aliphatic rings. The van der Waals surface area contributed by atoms with Gasteiger partial charge in [0.25, 0.3) is 0 Å². The molecule has 0 saturated carbocycles. The van der Waals surface area contributed by atoms with E-state index in [9.17, 15) is 9.59 Å². The minimum absolute atomic E-state index is 0.125. The molecular formula is C16H21NO5. The van der Waals surface area contributed by atoms with Gasteiger partial charge in [-0.15, -0.1) is 0 Å². The number of esters is 1. The van der Waals surface area contributed by atoms with Crippen LogP contribution in [0.4, 0.5) is 0 Å². The maximum Gasteiger partial charge on any atom is 0.307 e. The van der Waals surface area contributed by atoms with Gasteiger partial charge in [0.2, 0.25) is 5.91 Å². The van der Waals surface area contributed by atoms with Crippen molar-refractivity contribution in [1.29, 1.82) is 0 Å². The van der Waals surface area contributed by atoms with Crippen molar-refractivity contribution in [1.82, 2.24) is 5.32 Å². The Labute approximate surface area is 129 Å². The lowest BCUT2D eigenvalue weighted by atomic mass is 9.75. The number of hydrogen-bond donors (Lipinski definition) is 1. The van der Waals surface area contributed by atoms with E-state index in [0.29, 0.717) is 31.8 Å². The summed E-state index contributed by atoms with van der Waals surface area (Å²) in [5.74, 6) is -0.270. The van der Waals surface area contributed by atoms with Gasteiger partial charge in [-0.25, -0.2) is 0 Å². The van der Waals surface area contributed by atoms with Crippen LogP contribution in [0.5, 0.6) is 0 Å². The van der Waals surface area contributed by atoms with E-state index in [1.54, 1.807) is 18.4 Å². The van der Waals surface area contributed by atoms with Crippen LogP contribution in [0.15, 0.2) is 22.8 Å². The van der Waals surface area contributed by atoms with Gasteiger partial charge in [0.15, 0.2) is 0 Å². The minimum atomic E-state index is -0.744. The lowest BCUT2D eigenvalue weighted by molar-refractivity contribution is -0.179. The zero-order chi connectivity index (χ0) is 15.8. The number of carbonyl (C=O) groups excluding carboxylic acids is 2. The molecule has 3 rings (SSSR count). The van der Waals surface area contributed by atoms with E-state index in [0.717, 1.165) is 0 Å². The predicted molar refractivity (Wildman–Crippen MR) is 76.7 cm³/mol. The molecule has 1 amide bonds. The van der Waals surface area contributed by atoms with Gasteiger partial charge >= 0.3 is 5.97 Å². The van der Waals surface area contributed by atoms with Crippen LogP contribution < -0.4 is 5.32 Å². The van der Waals surface area contributed by atoms with E-state index in [4.69, 9.17) is 13.9 Å². The van der Waals surface area contributed by atoms with E-state index in [1.165, 1.54) is 0 Å². The first-order valence-electron chi connectivity index (χ1n) is 7.56. The van der Waals surface area contributed by atoms with Crippen molar-refractivity contribution in [3.63, 3.8) is 0 Å². The summed E-state index contributed by atoms with van der Waals surface area (Å²) in [5, 5.41) is 2.84. The van der Waals surface area contributed by atoms with Gasteiger partial charge in [0, 0.05) is 12.8 Å².